The van der Waals surface area contributed by atoms with Crippen LogP contribution in [0.25, 0.3) is 0 Å². The fourth-order valence-electron chi connectivity index (χ4n) is 2.77. The van der Waals surface area contributed by atoms with Crippen LogP contribution in [0.2, 0.25) is 0 Å². The molecule has 0 spiro atoms. The maximum Gasteiger partial charge on any atom is 0.191 e. The van der Waals surface area contributed by atoms with Crippen LogP contribution in [0, 0.1) is 6.92 Å². The number of guanidine groups is 1. The molecule has 1 aliphatic rings. The number of hydrogen-bond donors (Lipinski definition) is 2. The molecule has 23 heavy (non-hydrogen) atoms. The predicted octanol–water partition coefficient (Wildman–Crippen LogP) is 2.63. The third kappa shape index (κ3) is 5.75. The molecule has 128 valence electrons. The van der Waals surface area contributed by atoms with Crippen LogP contribution >= 0.6 is 0 Å². The van der Waals surface area contributed by atoms with Crippen LogP contribution in [-0.2, 0) is 11.3 Å². The number of hydrogen-bond acceptors (Lipinski definition) is 3. The summed E-state index contributed by atoms with van der Waals surface area (Å²) < 4.78 is 11.3. The Bertz CT molecular complexity index is 511. The summed E-state index contributed by atoms with van der Waals surface area (Å²) in [6, 6.07) is 6.39. The van der Waals surface area contributed by atoms with E-state index in [4.69, 9.17) is 9.47 Å². The van der Waals surface area contributed by atoms with Crippen molar-refractivity contribution in [3.05, 3.63) is 29.3 Å². The van der Waals surface area contributed by atoms with Gasteiger partial charge < -0.3 is 20.1 Å². The molecule has 0 atom stereocenters. The zero-order chi connectivity index (χ0) is 16.5. The molecule has 1 aromatic carbocycles. The number of ether oxygens (including phenoxy) is 2. The maximum absolute atomic E-state index is 6.23. The third-order valence-electron chi connectivity index (χ3n) is 4.09. The molecule has 1 saturated carbocycles. The van der Waals surface area contributed by atoms with E-state index in [1.807, 2.05) is 0 Å². The second-order valence-corrected chi connectivity index (χ2v) is 5.98. The average molecular weight is 319 g/mol. The van der Waals surface area contributed by atoms with Gasteiger partial charge in [-0.05, 0) is 44.2 Å². The lowest BCUT2D eigenvalue weighted by Crippen LogP contribution is -2.38. The molecule has 0 heterocycles. The fourth-order valence-corrected chi connectivity index (χ4v) is 2.77. The van der Waals surface area contributed by atoms with E-state index in [9.17, 15) is 0 Å². The molecule has 0 aromatic heterocycles. The van der Waals surface area contributed by atoms with Crippen molar-refractivity contribution in [1.82, 2.24) is 10.6 Å². The monoisotopic (exact) mass is 319 g/mol. The third-order valence-corrected chi connectivity index (χ3v) is 4.09. The molecule has 0 aliphatic heterocycles. The van der Waals surface area contributed by atoms with Gasteiger partial charge in [0.25, 0.3) is 0 Å². The minimum absolute atomic E-state index is 0.370. The van der Waals surface area contributed by atoms with Gasteiger partial charge >= 0.3 is 0 Å². The van der Waals surface area contributed by atoms with Crippen molar-refractivity contribution in [2.24, 2.45) is 4.99 Å². The lowest BCUT2D eigenvalue weighted by Gasteiger charge is -2.18. The average Bonchev–Trinajstić information content (AvgIpc) is 3.05. The molecule has 0 bridgehead atoms. The summed E-state index contributed by atoms with van der Waals surface area (Å²) in [5.74, 6) is 1.77. The fraction of sp³-hybridized carbons (Fsp3) is 0.611. The summed E-state index contributed by atoms with van der Waals surface area (Å²) >= 11 is 0. The highest BCUT2D eigenvalue weighted by Gasteiger charge is 2.18. The van der Waals surface area contributed by atoms with Crippen molar-refractivity contribution in [2.45, 2.75) is 45.3 Å². The van der Waals surface area contributed by atoms with Crippen LogP contribution in [0.1, 0.15) is 36.8 Å². The molecule has 2 rings (SSSR count). The highest BCUT2D eigenvalue weighted by Crippen LogP contribution is 2.27. The molecule has 1 aliphatic carbocycles. The molecule has 1 fully saturated rings. The first-order chi connectivity index (χ1) is 11.2. The molecule has 2 N–H and O–H groups in total. The van der Waals surface area contributed by atoms with E-state index < -0.39 is 0 Å². The van der Waals surface area contributed by atoms with E-state index in [1.54, 1.807) is 14.2 Å². The van der Waals surface area contributed by atoms with Crippen LogP contribution in [0.15, 0.2) is 23.2 Å². The summed E-state index contributed by atoms with van der Waals surface area (Å²) in [7, 11) is 3.46. The number of aliphatic imine (C=N–C) groups is 1. The Labute approximate surface area is 139 Å². The Kier molecular flexibility index (Phi) is 7.20. The van der Waals surface area contributed by atoms with Crippen LogP contribution in [0.3, 0.4) is 0 Å². The van der Waals surface area contributed by atoms with E-state index in [0.29, 0.717) is 19.3 Å². The molecule has 0 saturated heterocycles. The highest BCUT2D eigenvalue weighted by molar-refractivity contribution is 5.79. The number of methoxy groups -OCH3 is 1. The van der Waals surface area contributed by atoms with Crippen LogP contribution in [0.5, 0.6) is 5.75 Å². The van der Waals surface area contributed by atoms with E-state index in [-0.39, 0.29) is 0 Å². The number of nitrogens with one attached hydrogen (secondary N) is 2. The number of rotatable bonds is 7. The summed E-state index contributed by atoms with van der Waals surface area (Å²) in [5.41, 5.74) is 2.39. The number of nitrogens with zero attached hydrogens (tertiary/aromatic N) is 1. The van der Waals surface area contributed by atoms with Crippen molar-refractivity contribution >= 4 is 5.96 Å². The molecule has 0 amide bonds. The van der Waals surface area contributed by atoms with E-state index in [2.05, 4.69) is 40.7 Å². The van der Waals surface area contributed by atoms with Gasteiger partial charge in [-0.3, -0.25) is 4.99 Å². The Hall–Kier alpha value is -1.75. The first kappa shape index (κ1) is 17.6. The summed E-state index contributed by atoms with van der Waals surface area (Å²) in [4.78, 5) is 4.22. The summed E-state index contributed by atoms with van der Waals surface area (Å²) in [6.45, 7) is 4.18. The Balaban J connectivity index is 1.95. The van der Waals surface area contributed by atoms with Gasteiger partial charge in [0.1, 0.15) is 5.75 Å². The standard InChI is InChI=1S/C18H29N3O2/c1-14-8-9-15(13-21-18(19-2)20-10-11-22-3)17(12-14)23-16-6-4-5-7-16/h8-9,12,16H,4-7,10-11,13H2,1-3H3,(H2,19,20,21). The van der Waals surface area contributed by atoms with E-state index in [1.165, 1.54) is 31.2 Å². The number of aryl methyl sites for hydroxylation is 1. The maximum atomic E-state index is 6.23. The predicted molar refractivity (Wildman–Crippen MR) is 94.1 cm³/mol. The largest absolute Gasteiger partial charge is 0.490 e. The molecule has 5 nitrogen and oxygen atoms in total. The summed E-state index contributed by atoms with van der Waals surface area (Å²) in [6.07, 6.45) is 5.26. The Morgan fingerprint density at radius 3 is 2.74 bits per heavy atom. The summed E-state index contributed by atoms with van der Waals surface area (Å²) in [5, 5.41) is 6.55. The highest BCUT2D eigenvalue weighted by atomic mass is 16.5. The molecular weight excluding hydrogens is 290 g/mol. The molecule has 0 unspecified atom stereocenters. The molecule has 0 radical (unpaired) electrons. The normalized spacial score (nSPS) is 15.7. The SMILES string of the molecule is CN=C(NCCOC)NCc1ccc(C)cc1OC1CCCC1. The molecule has 1 aromatic rings. The van der Waals surface area contributed by atoms with Crippen molar-refractivity contribution in [3.8, 4) is 5.75 Å². The van der Waals surface area contributed by atoms with Gasteiger partial charge in [-0.1, -0.05) is 12.1 Å². The quantitative estimate of drug-likeness (QED) is 0.461. The second-order valence-electron chi connectivity index (χ2n) is 5.98. The van der Waals surface area contributed by atoms with Crippen LogP contribution in [-0.4, -0.2) is 39.4 Å². The minimum atomic E-state index is 0.370. The van der Waals surface area contributed by atoms with Gasteiger partial charge in [-0.25, -0.2) is 0 Å². The molecular formula is C18H29N3O2. The Morgan fingerprint density at radius 2 is 2.04 bits per heavy atom. The van der Waals surface area contributed by atoms with Crippen molar-refractivity contribution in [3.63, 3.8) is 0 Å². The van der Waals surface area contributed by atoms with Gasteiger partial charge in [0, 0.05) is 32.8 Å². The van der Waals surface area contributed by atoms with Gasteiger partial charge in [-0.2, -0.15) is 0 Å². The first-order valence-corrected chi connectivity index (χ1v) is 8.42. The molecule has 5 heteroatoms. The smallest absolute Gasteiger partial charge is 0.191 e. The topological polar surface area (TPSA) is 54.9 Å². The lowest BCUT2D eigenvalue weighted by molar-refractivity contribution is 0.203. The lowest BCUT2D eigenvalue weighted by atomic mass is 10.1. The van der Waals surface area contributed by atoms with Gasteiger partial charge in [-0.15, -0.1) is 0 Å². The van der Waals surface area contributed by atoms with Crippen molar-refractivity contribution < 1.29 is 9.47 Å². The zero-order valence-corrected chi connectivity index (χ0v) is 14.5. The second kappa shape index (κ2) is 9.40. The van der Waals surface area contributed by atoms with Gasteiger partial charge in [0.15, 0.2) is 5.96 Å². The zero-order valence-electron chi connectivity index (χ0n) is 14.5. The van der Waals surface area contributed by atoms with Crippen molar-refractivity contribution in [1.29, 1.82) is 0 Å². The van der Waals surface area contributed by atoms with E-state index >= 15 is 0 Å². The first-order valence-electron chi connectivity index (χ1n) is 8.42. The van der Waals surface area contributed by atoms with Crippen LogP contribution < -0.4 is 15.4 Å². The van der Waals surface area contributed by atoms with Crippen molar-refractivity contribution in [2.75, 3.05) is 27.3 Å². The van der Waals surface area contributed by atoms with Gasteiger partial charge in [0.05, 0.1) is 12.7 Å². The Morgan fingerprint density at radius 1 is 1.26 bits per heavy atom. The number of benzene rings is 1. The van der Waals surface area contributed by atoms with Crippen LogP contribution in [0.4, 0.5) is 0 Å². The van der Waals surface area contributed by atoms with Gasteiger partial charge in [0.2, 0.25) is 0 Å². The minimum Gasteiger partial charge on any atom is -0.490 e. The van der Waals surface area contributed by atoms with E-state index in [0.717, 1.165) is 23.8 Å².